The molecule has 1 aromatic rings. The molecule has 1 aliphatic carbocycles. The molecule has 4 rings (SSSR count). The Morgan fingerprint density at radius 1 is 1.30 bits per heavy atom. The third kappa shape index (κ3) is 2.79. The summed E-state index contributed by atoms with van der Waals surface area (Å²) in [7, 11) is 7.50. The van der Waals surface area contributed by atoms with Gasteiger partial charge in [-0.05, 0) is 32.5 Å². The van der Waals surface area contributed by atoms with E-state index in [1.54, 1.807) is 20.4 Å². The monoisotopic (exact) mass is 368 g/mol. The fourth-order valence-electron chi connectivity index (χ4n) is 3.92. The number of nitrogens with zero attached hydrogens (tertiary/aromatic N) is 4. The van der Waals surface area contributed by atoms with Crippen molar-refractivity contribution in [3.63, 3.8) is 0 Å². The van der Waals surface area contributed by atoms with Gasteiger partial charge in [0.2, 0.25) is 0 Å². The van der Waals surface area contributed by atoms with Crippen LogP contribution in [0.4, 0.5) is 5.82 Å². The Hall–Kier alpha value is -2.48. The number of hydroxylamine groups is 3. The van der Waals surface area contributed by atoms with E-state index < -0.39 is 0 Å². The van der Waals surface area contributed by atoms with E-state index in [1.165, 1.54) is 11.1 Å². The van der Waals surface area contributed by atoms with Gasteiger partial charge in [0, 0.05) is 24.7 Å². The molecule has 3 aliphatic rings. The van der Waals surface area contributed by atoms with Crippen molar-refractivity contribution in [3.8, 4) is 0 Å². The van der Waals surface area contributed by atoms with Crippen molar-refractivity contribution in [1.82, 2.24) is 15.1 Å². The molecule has 0 radical (unpaired) electrons. The van der Waals surface area contributed by atoms with Crippen molar-refractivity contribution < 1.29 is 14.2 Å². The third-order valence-corrected chi connectivity index (χ3v) is 5.21. The summed E-state index contributed by atoms with van der Waals surface area (Å²) in [5.41, 5.74) is 3.50. The second-order valence-corrected chi connectivity index (χ2v) is 7.14. The number of hydrogen-bond donors (Lipinski definition) is 1. The first-order valence-corrected chi connectivity index (χ1v) is 9.19. The third-order valence-electron chi connectivity index (χ3n) is 5.21. The lowest BCUT2D eigenvalue weighted by Gasteiger charge is -2.34. The molecule has 1 unspecified atom stereocenters. The van der Waals surface area contributed by atoms with E-state index >= 15 is 0 Å². The van der Waals surface area contributed by atoms with Gasteiger partial charge in [0.25, 0.3) is 0 Å². The summed E-state index contributed by atoms with van der Waals surface area (Å²) in [5.74, 6) is 1.53. The number of ether oxygens (including phenoxy) is 1. The molecule has 142 valence electrons. The van der Waals surface area contributed by atoms with Gasteiger partial charge < -0.3 is 15.0 Å². The minimum atomic E-state index is 0.0880. The van der Waals surface area contributed by atoms with E-state index in [-0.39, 0.29) is 4.65 Å². The first kappa shape index (κ1) is 17.9. The van der Waals surface area contributed by atoms with Crippen LogP contribution in [0.25, 0.3) is 11.9 Å². The van der Waals surface area contributed by atoms with Crippen LogP contribution < -0.4 is 15.8 Å². The topological polar surface area (TPSA) is 59.5 Å². The first-order chi connectivity index (χ1) is 13.1. The zero-order valence-electron chi connectivity index (χ0n) is 16.3. The Kier molecular flexibility index (Phi) is 4.59. The molecule has 2 aliphatic heterocycles. The average Bonchev–Trinajstić information content (AvgIpc) is 3.03. The summed E-state index contributed by atoms with van der Waals surface area (Å²) in [6.07, 6.45) is 12.4. The van der Waals surface area contributed by atoms with Crippen LogP contribution >= 0.6 is 0 Å². The molecular formula is C20H26N5O2+. The number of likely N-dealkylation sites (N-methyl/N-ethyl adjacent to an activating group) is 1. The smallest absolute Gasteiger partial charge is 0.335 e. The van der Waals surface area contributed by atoms with E-state index in [1.807, 2.05) is 6.20 Å². The van der Waals surface area contributed by atoms with Crippen LogP contribution in [0, 0.1) is 0 Å². The fourth-order valence-corrected chi connectivity index (χ4v) is 3.92. The molecule has 7 nitrogen and oxygen atoms in total. The van der Waals surface area contributed by atoms with Gasteiger partial charge in [-0.1, -0.05) is 16.8 Å². The molecule has 0 bridgehead atoms. The number of aromatic nitrogens is 2. The highest BCUT2D eigenvalue weighted by molar-refractivity contribution is 5.74. The van der Waals surface area contributed by atoms with Gasteiger partial charge in [0.15, 0.2) is 17.7 Å². The SMILES string of the molecule is COC1=CC2=C(C=CCC2)C2=c3c(NCCN(C)C)nncc3=C[N+]12OC. The van der Waals surface area contributed by atoms with E-state index in [4.69, 9.17) is 9.57 Å². The summed E-state index contributed by atoms with van der Waals surface area (Å²) in [5, 5.41) is 14.1. The second-order valence-electron chi connectivity index (χ2n) is 7.14. The van der Waals surface area contributed by atoms with Crippen molar-refractivity contribution in [2.75, 3.05) is 46.7 Å². The van der Waals surface area contributed by atoms with Gasteiger partial charge in [-0.2, -0.15) is 9.94 Å². The Morgan fingerprint density at radius 3 is 2.89 bits per heavy atom. The average molecular weight is 368 g/mol. The normalized spacial score (nSPS) is 22.9. The van der Waals surface area contributed by atoms with Crippen LogP contribution in [-0.2, 0) is 9.57 Å². The Balaban J connectivity index is 1.95. The highest BCUT2D eigenvalue weighted by Crippen LogP contribution is 2.43. The molecule has 0 fully saturated rings. The van der Waals surface area contributed by atoms with Crippen LogP contribution in [0.15, 0.2) is 41.5 Å². The maximum Gasteiger partial charge on any atom is 0.335 e. The zero-order chi connectivity index (χ0) is 19.0. The van der Waals surface area contributed by atoms with Crippen molar-refractivity contribution in [2.45, 2.75) is 12.8 Å². The Morgan fingerprint density at radius 2 is 2.15 bits per heavy atom. The second kappa shape index (κ2) is 6.92. The molecule has 0 amide bonds. The number of hydrogen-bond acceptors (Lipinski definition) is 6. The molecule has 1 aromatic heterocycles. The molecule has 7 heteroatoms. The molecular weight excluding hydrogens is 342 g/mol. The summed E-state index contributed by atoms with van der Waals surface area (Å²) in [4.78, 5) is 8.16. The highest BCUT2D eigenvalue weighted by Gasteiger charge is 2.49. The Labute approximate surface area is 159 Å². The number of nitrogens with one attached hydrogen (secondary N) is 1. The lowest BCUT2D eigenvalue weighted by molar-refractivity contribution is -0.962. The van der Waals surface area contributed by atoms with Crippen molar-refractivity contribution >= 4 is 17.7 Å². The minimum Gasteiger partial charge on any atom is -0.452 e. The summed E-state index contributed by atoms with van der Waals surface area (Å²) in [6.45, 7) is 1.69. The molecule has 0 saturated heterocycles. The molecule has 0 aromatic carbocycles. The highest BCUT2D eigenvalue weighted by atomic mass is 16.7. The molecule has 1 N–H and O–H groups in total. The van der Waals surface area contributed by atoms with E-state index in [9.17, 15) is 0 Å². The number of quaternary nitrogens is 1. The molecule has 0 saturated carbocycles. The fraction of sp³-hybridized carbons (Fsp3) is 0.400. The van der Waals surface area contributed by atoms with Crippen LogP contribution in [0.2, 0.25) is 0 Å². The van der Waals surface area contributed by atoms with Gasteiger partial charge in [-0.25, -0.2) is 0 Å². The van der Waals surface area contributed by atoms with Gasteiger partial charge in [0.1, 0.15) is 0 Å². The largest absolute Gasteiger partial charge is 0.452 e. The van der Waals surface area contributed by atoms with Crippen LogP contribution in [0.5, 0.6) is 0 Å². The zero-order valence-corrected chi connectivity index (χ0v) is 16.3. The van der Waals surface area contributed by atoms with Crippen LogP contribution in [-0.4, -0.2) is 61.1 Å². The number of fused-ring (bicyclic) bond motifs is 3. The van der Waals surface area contributed by atoms with Crippen molar-refractivity contribution in [1.29, 1.82) is 0 Å². The summed E-state index contributed by atoms with van der Waals surface area (Å²) >= 11 is 0. The lowest BCUT2D eigenvalue weighted by Crippen LogP contribution is -2.42. The van der Waals surface area contributed by atoms with E-state index in [0.29, 0.717) is 0 Å². The van der Waals surface area contributed by atoms with Crippen molar-refractivity contribution in [3.05, 3.63) is 51.9 Å². The summed E-state index contributed by atoms with van der Waals surface area (Å²) in [6, 6.07) is 0. The van der Waals surface area contributed by atoms with Gasteiger partial charge in [0.05, 0.1) is 30.9 Å². The predicted molar refractivity (Wildman–Crippen MR) is 104 cm³/mol. The number of anilines is 1. The minimum absolute atomic E-state index is 0.0880. The van der Waals surface area contributed by atoms with E-state index in [2.05, 4.69) is 52.7 Å². The van der Waals surface area contributed by atoms with Crippen molar-refractivity contribution in [2.24, 2.45) is 0 Å². The predicted octanol–water partition coefficient (Wildman–Crippen LogP) is 0.836. The molecule has 3 heterocycles. The van der Waals surface area contributed by atoms with E-state index in [0.717, 1.165) is 53.8 Å². The number of allylic oxidation sites excluding steroid dienone is 3. The van der Waals surface area contributed by atoms with Gasteiger partial charge in [-0.3, -0.25) is 0 Å². The number of rotatable bonds is 6. The quantitative estimate of drug-likeness (QED) is 0.751. The molecule has 0 spiro atoms. The van der Waals surface area contributed by atoms with Gasteiger partial charge in [-0.15, -0.1) is 5.10 Å². The standard InChI is InChI=1S/C20H26N5O2/c1-24(2)10-9-21-20-18-15(12-22-23-20)13-25(27-4)17(26-3)11-14-7-5-6-8-16(14)19(18)25/h6,8,11-13H,5,7,9-10H2,1-4H3,(H,21,23)/q+1. The van der Waals surface area contributed by atoms with Crippen LogP contribution in [0.3, 0.4) is 0 Å². The summed E-state index contributed by atoms with van der Waals surface area (Å²) < 4.78 is 5.85. The lowest BCUT2D eigenvalue weighted by atomic mass is 9.91. The maximum absolute atomic E-state index is 6.03. The van der Waals surface area contributed by atoms with Gasteiger partial charge >= 0.3 is 5.88 Å². The molecule has 1 atom stereocenters. The first-order valence-electron chi connectivity index (χ1n) is 9.19. The van der Waals surface area contributed by atoms with Crippen LogP contribution in [0.1, 0.15) is 12.8 Å². The number of methoxy groups -OCH3 is 1. The molecule has 27 heavy (non-hydrogen) atoms. The Bertz CT molecular complexity index is 977. The maximum atomic E-state index is 6.03.